The van der Waals surface area contributed by atoms with Gasteiger partial charge in [0, 0.05) is 11.8 Å². The van der Waals surface area contributed by atoms with Crippen LogP contribution < -0.4 is 10.9 Å². The van der Waals surface area contributed by atoms with Gasteiger partial charge < -0.3 is 10.3 Å². The van der Waals surface area contributed by atoms with Crippen molar-refractivity contribution >= 4 is 35.1 Å². The van der Waals surface area contributed by atoms with Gasteiger partial charge in [-0.2, -0.15) is 11.8 Å². The van der Waals surface area contributed by atoms with E-state index in [2.05, 4.69) is 15.3 Å². The lowest BCUT2D eigenvalue weighted by Crippen LogP contribution is -2.17. The smallest absolute Gasteiger partial charge is 0.251 e. The van der Waals surface area contributed by atoms with Crippen LogP contribution in [0.4, 0.5) is 18.9 Å². The summed E-state index contributed by atoms with van der Waals surface area (Å²) in [6, 6.07) is 3.03. The zero-order valence-electron chi connectivity index (χ0n) is 13.9. The van der Waals surface area contributed by atoms with Gasteiger partial charge in [0.2, 0.25) is 5.91 Å². The second-order valence-corrected chi connectivity index (χ2v) is 7.99. The molecule has 1 amide bonds. The van der Waals surface area contributed by atoms with Crippen molar-refractivity contribution in [2.75, 3.05) is 11.1 Å². The third kappa shape index (κ3) is 5.80. The predicted molar refractivity (Wildman–Crippen MR) is 97.0 cm³/mol. The summed E-state index contributed by atoms with van der Waals surface area (Å²) in [4.78, 5) is 30.3. The Balaban J connectivity index is 1.99. The van der Waals surface area contributed by atoms with Crippen LogP contribution in [-0.2, 0) is 10.5 Å². The molecule has 1 aromatic carbocycles. The molecule has 140 valence electrons. The van der Waals surface area contributed by atoms with Crippen LogP contribution in [0.3, 0.4) is 0 Å². The molecule has 0 atom stereocenters. The Hall–Kier alpha value is -1.94. The summed E-state index contributed by atoms with van der Waals surface area (Å²) in [5.74, 6) is -4.75. The van der Waals surface area contributed by atoms with Gasteiger partial charge in [-0.05, 0) is 17.4 Å². The molecule has 0 saturated carbocycles. The fourth-order valence-corrected chi connectivity index (χ4v) is 3.17. The SMILES string of the molecule is CC(C)SCc1cc(=O)[nH]c(SCC(=O)Nc2ccc(F)c(F)c2F)n1. The van der Waals surface area contributed by atoms with Gasteiger partial charge >= 0.3 is 0 Å². The first kappa shape index (κ1) is 20.4. The molecular weight excluding hydrogens is 387 g/mol. The lowest BCUT2D eigenvalue weighted by molar-refractivity contribution is -0.113. The number of aromatic amines is 1. The van der Waals surface area contributed by atoms with Crippen LogP contribution in [0, 0.1) is 17.5 Å². The maximum atomic E-state index is 13.5. The van der Waals surface area contributed by atoms with Gasteiger partial charge in [0.1, 0.15) is 0 Å². The quantitative estimate of drug-likeness (QED) is 0.420. The van der Waals surface area contributed by atoms with Crippen LogP contribution in [0.25, 0.3) is 0 Å². The minimum Gasteiger partial charge on any atom is -0.323 e. The van der Waals surface area contributed by atoms with Gasteiger partial charge in [0.05, 0.1) is 17.1 Å². The highest BCUT2D eigenvalue weighted by Crippen LogP contribution is 2.21. The Labute approximate surface area is 156 Å². The van der Waals surface area contributed by atoms with E-state index < -0.39 is 29.0 Å². The molecule has 1 heterocycles. The van der Waals surface area contributed by atoms with Crippen molar-refractivity contribution in [2.45, 2.75) is 30.0 Å². The number of carbonyl (C=O) groups excluding carboxylic acids is 1. The van der Waals surface area contributed by atoms with Crippen molar-refractivity contribution in [1.29, 1.82) is 0 Å². The molecule has 0 aliphatic heterocycles. The van der Waals surface area contributed by atoms with Gasteiger partial charge in [-0.3, -0.25) is 9.59 Å². The number of carbonyl (C=O) groups is 1. The van der Waals surface area contributed by atoms with Gasteiger partial charge in [-0.25, -0.2) is 18.2 Å². The maximum Gasteiger partial charge on any atom is 0.251 e. The fraction of sp³-hybridized carbons (Fsp3) is 0.312. The highest BCUT2D eigenvalue weighted by molar-refractivity contribution is 7.99. The van der Waals surface area contributed by atoms with Gasteiger partial charge in [0.25, 0.3) is 5.56 Å². The molecule has 2 N–H and O–H groups in total. The highest BCUT2D eigenvalue weighted by Gasteiger charge is 2.15. The minimum atomic E-state index is -1.66. The van der Waals surface area contributed by atoms with E-state index in [0.29, 0.717) is 16.7 Å². The second-order valence-electron chi connectivity index (χ2n) is 5.46. The van der Waals surface area contributed by atoms with Crippen molar-refractivity contribution in [3.63, 3.8) is 0 Å². The molecule has 5 nitrogen and oxygen atoms in total. The summed E-state index contributed by atoms with van der Waals surface area (Å²) < 4.78 is 39.6. The average molecular weight is 403 g/mol. The molecule has 2 aromatic rings. The fourth-order valence-electron chi connectivity index (χ4n) is 1.82. The summed E-state index contributed by atoms with van der Waals surface area (Å²) in [5.41, 5.74) is -0.214. The normalized spacial score (nSPS) is 11.0. The number of amides is 1. The molecule has 0 saturated heterocycles. The standard InChI is InChI=1S/C16H16F3N3O2S2/c1-8(2)25-6-9-5-12(23)22-16(20-9)26-7-13(24)21-11-4-3-10(17)14(18)15(11)19/h3-5,8H,6-7H2,1-2H3,(H,21,24)(H,20,22,23). The van der Waals surface area contributed by atoms with E-state index in [9.17, 15) is 22.8 Å². The van der Waals surface area contributed by atoms with Gasteiger partial charge in [0.15, 0.2) is 22.6 Å². The molecule has 0 aliphatic carbocycles. The number of halogens is 3. The first-order valence-electron chi connectivity index (χ1n) is 7.54. The van der Waals surface area contributed by atoms with Crippen LogP contribution >= 0.6 is 23.5 Å². The van der Waals surface area contributed by atoms with Crippen LogP contribution in [0.2, 0.25) is 0 Å². The number of H-pyrrole nitrogens is 1. The molecule has 0 unspecified atom stereocenters. The third-order valence-electron chi connectivity index (χ3n) is 2.99. The maximum absolute atomic E-state index is 13.5. The molecule has 0 fully saturated rings. The number of nitrogens with one attached hydrogen (secondary N) is 2. The summed E-state index contributed by atoms with van der Waals surface area (Å²) >= 11 is 2.57. The molecule has 0 spiro atoms. The molecule has 2 rings (SSSR count). The molecule has 26 heavy (non-hydrogen) atoms. The number of aromatic nitrogens is 2. The summed E-state index contributed by atoms with van der Waals surface area (Å²) in [6.45, 7) is 4.05. The minimum absolute atomic E-state index is 0.192. The first-order valence-corrected chi connectivity index (χ1v) is 9.57. The topological polar surface area (TPSA) is 74.8 Å². The van der Waals surface area contributed by atoms with Crippen molar-refractivity contribution in [3.05, 3.63) is 51.7 Å². The summed E-state index contributed by atoms with van der Waals surface area (Å²) in [6.07, 6.45) is 0. The Kier molecular flexibility index (Phi) is 7.15. The van der Waals surface area contributed by atoms with Crippen molar-refractivity contribution in [1.82, 2.24) is 9.97 Å². The number of hydrogen-bond donors (Lipinski definition) is 2. The number of thioether (sulfide) groups is 2. The van der Waals surface area contributed by atoms with E-state index in [0.717, 1.165) is 23.9 Å². The van der Waals surface area contributed by atoms with E-state index in [1.165, 1.54) is 6.07 Å². The molecular formula is C16H16F3N3O2S2. The summed E-state index contributed by atoms with van der Waals surface area (Å²) in [5, 5.41) is 2.78. The number of benzene rings is 1. The number of anilines is 1. The van der Waals surface area contributed by atoms with Crippen LogP contribution in [0.5, 0.6) is 0 Å². The second kappa shape index (κ2) is 9.13. The number of nitrogens with zero attached hydrogens (tertiary/aromatic N) is 1. The molecule has 0 aliphatic rings. The van der Waals surface area contributed by atoms with E-state index in [4.69, 9.17) is 0 Å². The largest absolute Gasteiger partial charge is 0.323 e. The van der Waals surface area contributed by atoms with E-state index in [1.54, 1.807) is 11.8 Å². The van der Waals surface area contributed by atoms with Crippen LogP contribution in [0.15, 0.2) is 28.2 Å². The summed E-state index contributed by atoms with van der Waals surface area (Å²) in [7, 11) is 0. The predicted octanol–water partition coefficient (Wildman–Crippen LogP) is 3.56. The van der Waals surface area contributed by atoms with Crippen LogP contribution in [0.1, 0.15) is 19.5 Å². The van der Waals surface area contributed by atoms with Crippen LogP contribution in [-0.4, -0.2) is 26.9 Å². The Bertz CT molecular complexity index is 859. The molecule has 10 heteroatoms. The lowest BCUT2D eigenvalue weighted by atomic mass is 10.3. The zero-order chi connectivity index (χ0) is 19.3. The monoisotopic (exact) mass is 403 g/mol. The van der Waals surface area contributed by atoms with E-state index in [-0.39, 0.29) is 16.5 Å². The lowest BCUT2D eigenvalue weighted by Gasteiger charge is -2.08. The van der Waals surface area contributed by atoms with Gasteiger partial charge in [-0.1, -0.05) is 25.6 Å². The van der Waals surface area contributed by atoms with E-state index in [1.807, 2.05) is 13.8 Å². The van der Waals surface area contributed by atoms with E-state index >= 15 is 0 Å². The highest BCUT2D eigenvalue weighted by atomic mass is 32.2. The number of rotatable bonds is 7. The first-order chi connectivity index (χ1) is 12.3. The molecule has 0 bridgehead atoms. The molecule has 0 radical (unpaired) electrons. The Morgan fingerprint density at radius 2 is 2.00 bits per heavy atom. The zero-order valence-corrected chi connectivity index (χ0v) is 15.6. The van der Waals surface area contributed by atoms with Gasteiger partial charge in [-0.15, -0.1) is 0 Å². The molecule has 1 aromatic heterocycles. The van der Waals surface area contributed by atoms with Crippen molar-refractivity contribution in [2.24, 2.45) is 0 Å². The van der Waals surface area contributed by atoms with Crippen molar-refractivity contribution in [3.8, 4) is 0 Å². The Morgan fingerprint density at radius 3 is 2.69 bits per heavy atom. The van der Waals surface area contributed by atoms with Crippen molar-refractivity contribution < 1.29 is 18.0 Å². The average Bonchev–Trinajstić information content (AvgIpc) is 2.58. The Morgan fingerprint density at radius 1 is 1.27 bits per heavy atom. The number of hydrogen-bond acceptors (Lipinski definition) is 5. The third-order valence-corrected chi connectivity index (χ3v) is 4.99.